The van der Waals surface area contributed by atoms with Crippen molar-refractivity contribution in [2.24, 2.45) is 25.4 Å². The zero-order valence-electron chi connectivity index (χ0n) is 29.0. The van der Waals surface area contributed by atoms with Crippen molar-refractivity contribution < 1.29 is 120 Å². The molecule has 0 unspecified atom stereocenters. The molecule has 0 heterocycles. The van der Waals surface area contributed by atoms with E-state index in [9.17, 15) is 48.6 Å². The van der Waals surface area contributed by atoms with Crippen molar-refractivity contribution in [1.82, 2.24) is 0 Å². The van der Waals surface area contributed by atoms with Crippen LogP contribution in [0.3, 0.4) is 0 Å². The summed E-state index contributed by atoms with van der Waals surface area (Å²) >= 11 is 5.83. The Morgan fingerprint density at radius 2 is 1.39 bits per heavy atom. The number of aromatic hydroxyl groups is 1. The van der Waals surface area contributed by atoms with Gasteiger partial charge in [-0.05, 0) is 58.5 Å². The molecule has 56 heavy (non-hydrogen) atoms. The molecule has 1 N–H and O–H groups in total. The number of hydrogen-bond donors (Lipinski definition) is 1. The molecule has 0 fully saturated rings. The number of non-ortho nitro benzene ring substituents is 1. The average Bonchev–Trinajstić information content (AvgIpc) is 3.12. The van der Waals surface area contributed by atoms with E-state index in [1.807, 2.05) is 24.3 Å². The summed E-state index contributed by atoms with van der Waals surface area (Å²) in [5.41, 5.74) is -1.35. The second-order valence-corrected chi connectivity index (χ2v) is 12.4. The summed E-state index contributed by atoms with van der Waals surface area (Å²) in [4.78, 5) is 12.7. The molecule has 0 saturated heterocycles. The van der Waals surface area contributed by atoms with E-state index in [4.69, 9.17) is 11.6 Å². The van der Waals surface area contributed by atoms with Crippen LogP contribution in [0.5, 0.6) is 23.0 Å². The van der Waals surface area contributed by atoms with Gasteiger partial charge in [0.1, 0.15) is 21.6 Å². The number of benzene rings is 6. The molecular weight excluding hydrogens is 830 g/mol. The van der Waals surface area contributed by atoms with E-state index in [0.717, 1.165) is 41.1 Å². The summed E-state index contributed by atoms with van der Waals surface area (Å²) in [6.07, 6.45) is 0.943. The molecule has 0 amide bonds. The fraction of sp³-hybridized carbons (Fsp3) is 0. The van der Waals surface area contributed by atoms with Gasteiger partial charge in [-0.25, -0.2) is 8.42 Å². The van der Waals surface area contributed by atoms with Crippen LogP contribution in [0, 0.1) is 10.1 Å². The summed E-state index contributed by atoms with van der Waals surface area (Å²) < 4.78 is 35.2. The summed E-state index contributed by atoms with van der Waals surface area (Å²) in [5, 5.41) is 85.4. The molecule has 6 aromatic carbocycles. The molecule has 6 rings (SSSR count). The van der Waals surface area contributed by atoms with Gasteiger partial charge >= 0.3 is 76.5 Å². The fourth-order valence-corrected chi connectivity index (χ4v) is 5.48. The van der Waals surface area contributed by atoms with Crippen molar-refractivity contribution in [3.05, 3.63) is 125 Å². The summed E-state index contributed by atoms with van der Waals surface area (Å²) in [6.45, 7) is 3.26. The molecular formula is C35H20ClCrN6Na2O10S. The zero-order valence-corrected chi connectivity index (χ0v) is 35.9. The molecule has 21 heteroatoms. The Labute approximate surface area is 377 Å². The third-order valence-electron chi connectivity index (χ3n) is 7.17. The van der Waals surface area contributed by atoms with Gasteiger partial charge in [0.2, 0.25) is 0 Å². The van der Waals surface area contributed by atoms with E-state index in [1.54, 1.807) is 12.1 Å². The van der Waals surface area contributed by atoms with E-state index in [-0.39, 0.29) is 110 Å². The number of hydrogen-bond acceptors (Lipinski definition) is 15. The van der Waals surface area contributed by atoms with Crippen LogP contribution in [0.25, 0.3) is 21.5 Å². The van der Waals surface area contributed by atoms with Gasteiger partial charge in [0.15, 0.2) is 0 Å². The minimum absolute atomic E-state index is 0. The maximum Gasteiger partial charge on any atom is 3.00 e. The number of fused-ring (bicyclic) bond motifs is 2. The zero-order chi connectivity index (χ0) is 38.4. The second-order valence-electron chi connectivity index (χ2n) is 10.6. The molecule has 0 aliphatic heterocycles. The second kappa shape index (κ2) is 20.7. The number of halogens is 1. The number of nitro groups is 1. The summed E-state index contributed by atoms with van der Waals surface area (Å²) in [7, 11) is -5.23. The molecule has 0 spiro atoms. The monoisotopic (exact) mass is 849 g/mol. The third-order valence-corrected chi connectivity index (χ3v) is 8.25. The van der Waals surface area contributed by atoms with Gasteiger partial charge in [0.25, 0.3) is 5.69 Å². The van der Waals surface area contributed by atoms with Crippen LogP contribution in [0.4, 0.5) is 34.1 Å². The predicted octanol–water partition coefficient (Wildman–Crippen LogP) is 0.484. The minimum Gasteiger partial charge on any atom is -0.871 e. The maximum atomic E-state index is 12.8. The van der Waals surface area contributed by atoms with Crippen LogP contribution in [-0.4, -0.2) is 28.9 Å². The first-order valence-corrected chi connectivity index (χ1v) is 16.5. The number of nitro benzene ring substituents is 1. The minimum atomic E-state index is -5.23. The van der Waals surface area contributed by atoms with Crippen molar-refractivity contribution in [3.63, 3.8) is 0 Å². The molecule has 0 bridgehead atoms. The van der Waals surface area contributed by atoms with E-state index in [0.29, 0.717) is 10.7 Å². The van der Waals surface area contributed by atoms with Crippen molar-refractivity contribution >= 4 is 83.3 Å². The normalized spacial score (nSPS) is 11.3. The van der Waals surface area contributed by atoms with Crippen molar-refractivity contribution in [3.8, 4) is 23.0 Å². The van der Waals surface area contributed by atoms with Gasteiger partial charge in [-0.15, -0.1) is 10.2 Å². The van der Waals surface area contributed by atoms with E-state index < -0.39 is 54.4 Å². The Kier molecular flexibility index (Phi) is 17.6. The predicted molar refractivity (Wildman–Crippen MR) is 186 cm³/mol. The molecule has 0 aliphatic rings. The maximum absolute atomic E-state index is 12.8. The largest absolute Gasteiger partial charge is 3.00 e. The Morgan fingerprint density at radius 1 is 0.768 bits per heavy atom. The first-order chi connectivity index (χ1) is 25.2. The van der Waals surface area contributed by atoms with Gasteiger partial charge in [0.05, 0.1) is 32.6 Å². The summed E-state index contributed by atoms with van der Waals surface area (Å²) in [5.74, 6) is -2.73. The molecule has 1 radical (unpaired) electrons. The van der Waals surface area contributed by atoms with Crippen molar-refractivity contribution in [2.45, 2.75) is 4.90 Å². The number of azo groups is 2. The number of aliphatic imine (C=N–C) groups is 1. The SMILES string of the molecule is C=CC([O-])=Nc1ccc2c([O-])c(N=Nc3cc([N+](=O)[O-])ccc3[O-])c(S(=O)(=O)[O-])cc2c1.[Cr+3].[Na+].[Na+].[O-]c1ccc(Cl)cc1N=Nc1c(O)ccc2ccccc12. The Bertz CT molecular complexity index is 2650. The molecule has 0 aromatic heterocycles. The Morgan fingerprint density at radius 3 is 2.04 bits per heavy atom. The van der Waals surface area contributed by atoms with Crippen LogP contribution in [0.1, 0.15) is 0 Å². The third kappa shape index (κ3) is 11.6. The Balaban J connectivity index is 0.000000394. The first kappa shape index (κ1) is 47.7. The summed E-state index contributed by atoms with van der Waals surface area (Å²) in [6, 6.07) is 22.3. The number of phenols is 1. The topological polar surface area (TPSA) is 275 Å². The van der Waals surface area contributed by atoms with Gasteiger partial charge in [-0.2, -0.15) is 10.2 Å². The standard InChI is InChI=1S/C19H14N4O8S.C16H11ClN2O2.Cr.2Na/c1-2-17(25)20-11-3-5-13-10(7-11)8-16(32(29,30)31)18(19(13)26)22-21-14-9-12(23(27)28)4-6-15(14)24;17-11-6-8-14(20)13(9-11)18-19-16-12-4-2-1-3-10(12)5-7-15(16)21;;;/h2-9,24,26H,1H2,(H,20,25)(H,29,30,31);1-9,20-21H;;;/q;;+3;2*+1/p-5. The van der Waals surface area contributed by atoms with Crippen molar-refractivity contribution in [2.75, 3.05) is 0 Å². The van der Waals surface area contributed by atoms with Gasteiger partial charge < -0.3 is 30.1 Å². The van der Waals surface area contributed by atoms with Crippen LogP contribution in [-0.2, 0) is 27.5 Å². The molecule has 6 aromatic rings. The van der Waals surface area contributed by atoms with E-state index in [2.05, 4.69) is 32.0 Å². The van der Waals surface area contributed by atoms with E-state index in [1.165, 1.54) is 36.4 Å². The smallest absolute Gasteiger partial charge is 0.871 e. The van der Waals surface area contributed by atoms with Crippen LogP contribution in [0.15, 0.2) is 140 Å². The van der Waals surface area contributed by atoms with Crippen LogP contribution < -0.4 is 79.5 Å². The molecule has 0 aliphatic carbocycles. The number of nitrogens with zero attached hydrogens (tertiary/aromatic N) is 6. The molecule has 0 saturated carbocycles. The van der Waals surface area contributed by atoms with Crippen molar-refractivity contribution in [1.29, 1.82) is 0 Å². The molecule has 16 nitrogen and oxygen atoms in total. The van der Waals surface area contributed by atoms with Gasteiger partial charge in [0, 0.05) is 22.5 Å². The first-order valence-electron chi connectivity index (χ1n) is 14.7. The Hall–Kier alpha value is -4.42. The quantitative estimate of drug-likeness (QED) is 0.0421. The number of phenolic OH excluding ortho intramolecular Hbond substituents is 1. The number of rotatable bonds is 8. The van der Waals surface area contributed by atoms with Crippen LogP contribution >= 0.6 is 11.6 Å². The molecule has 0 atom stereocenters. The average molecular weight is 850 g/mol. The molecule has 271 valence electrons. The van der Waals surface area contributed by atoms with E-state index >= 15 is 0 Å². The van der Waals surface area contributed by atoms with Gasteiger partial charge in [-0.3, -0.25) is 15.1 Å². The fourth-order valence-electron chi connectivity index (χ4n) is 4.68. The van der Waals surface area contributed by atoms with Gasteiger partial charge in [-0.1, -0.05) is 90.0 Å². The van der Waals surface area contributed by atoms with Crippen LogP contribution in [0.2, 0.25) is 5.02 Å².